The number of carbonyl (C=O) groups is 2. The van der Waals surface area contributed by atoms with E-state index in [0.29, 0.717) is 18.8 Å². The minimum atomic E-state index is -0.456. The molecule has 0 bridgehead atoms. The first-order valence-electron chi connectivity index (χ1n) is 10.1. The average molecular weight is 416 g/mol. The second-order valence-corrected chi connectivity index (χ2v) is 7.32. The molecule has 3 aromatic rings. The van der Waals surface area contributed by atoms with E-state index in [-0.39, 0.29) is 23.8 Å². The number of nitrogens with zero attached hydrogens (tertiary/aromatic N) is 1. The summed E-state index contributed by atoms with van der Waals surface area (Å²) in [4.78, 5) is 26.8. The van der Waals surface area contributed by atoms with Gasteiger partial charge >= 0.3 is 0 Å². The van der Waals surface area contributed by atoms with Crippen LogP contribution in [0.2, 0.25) is 0 Å². The number of rotatable bonds is 8. The van der Waals surface area contributed by atoms with Gasteiger partial charge in [-0.3, -0.25) is 9.59 Å². The summed E-state index contributed by atoms with van der Waals surface area (Å²) < 4.78 is 13.7. The van der Waals surface area contributed by atoms with Gasteiger partial charge < -0.3 is 10.2 Å². The largest absolute Gasteiger partial charge is 0.352 e. The fraction of sp³-hybridized carbons (Fsp3) is 0.154. The van der Waals surface area contributed by atoms with Gasteiger partial charge in [0, 0.05) is 17.8 Å². The van der Waals surface area contributed by atoms with Crippen molar-refractivity contribution in [3.05, 3.63) is 114 Å². The number of hydrogen-bond acceptors (Lipinski definition) is 2. The Bertz CT molecular complexity index is 1060. The Kier molecular flexibility index (Phi) is 7.33. The maximum Gasteiger partial charge on any atom is 0.258 e. The van der Waals surface area contributed by atoms with E-state index in [0.717, 1.165) is 16.7 Å². The molecule has 0 fully saturated rings. The van der Waals surface area contributed by atoms with Gasteiger partial charge in [-0.15, -0.1) is 6.58 Å². The predicted octanol–water partition coefficient (Wildman–Crippen LogP) is 4.83. The summed E-state index contributed by atoms with van der Waals surface area (Å²) in [5.41, 5.74) is 3.87. The number of hydrogen-bond donors (Lipinski definition) is 1. The van der Waals surface area contributed by atoms with Crippen LogP contribution in [0.3, 0.4) is 0 Å². The molecule has 0 unspecified atom stereocenters. The summed E-state index contributed by atoms with van der Waals surface area (Å²) in [5, 5.41) is 2.74. The fourth-order valence-corrected chi connectivity index (χ4v) is 3.16. The van der Waals surface area contributed by atoms with Crippen molar-refractivity contribution in [2.45, 2.75) is 19.9 Å². The van der Waals surface area contributed by atoms with Crippen LogP contribution >= 0.6 is 0 Å². The van der Waals surface area contributed by atoms with Crippen LogP contribution < -0.4 is 10.2 Å². The third-order valence-electron chi connectivity index (χ3n) is 4.83. The summed E-state index contributed by atoms with van der Waals surface area (Å²) in [6.45, 7) is 6.35. The molecule has 0 aromatic heterocycles. The summed E-state index contributed by atoms with van der Waals surface area (Å²) in [5.74, 6) is -0.849. The van der Waals surface area contributed by atoms with Gasteiger partial charge in [0.2, 0.25) is 5.91 Å². The quantitative estimate of drug-likeness (QED) is 0.535. The van der Waals surface area contributed by atoms with Crippen molar-refractivity contribution in [3.63, 3.8) is 0 Å². The molecule has 0 heterocycles. The molecule has 0 radical (unpaired) electrons. The van der Waals surface area contributed by atoms with E-state index < -0.39 is 5.82 Å². The molecule has 3 aromatic carbocycles. The standard InChI is InChI=1S/C26H25FN2O2/c1-3-15-28-25(30)16-20-11-13-24(14-12-20)29(18-21-9-7-19(2)8-10-21)26(31)22-5-4-6-23(27)17-22/h3-14,17H,1,15-16,18H2,2H3,(H,28,30). The second kappa shape index (κ2) is 10.3. The Morgan fingerprint density at radius 3 is 2.32 bits per heavy atom. The first kappa shape index (κ1) is 22.0. The first-order valence-corrected chi connectivity index (χ1v) is 10.1. The Labute approximate surface area is 182 Å². The molecule has 5 heteroatoms. The van der Waals surface area contributed by atoms with Crippen LogP contribution in [0.1, 0.15) is 27.0 Å². The van der Waals surface area contributed by atoms with Crippen molar-refractivity contribution in [2.75, 3.05) is 11.4 Å². The van der Waals surface area contributed by atoms with E-state index in [9.17, 15) is 14.0 Å². The Morgan fingerprint density at radius 1 is 1.00 bits per heavy atom. The molecule has 0 saturated heterocycles. The van der Waals surface area contributed by atoms with Gasteiger partial charge in [0.05, 0.1) is 13.0 Å². The van der Waals surface area contributed by atoms with Gasteiger partial charge in [0.1, 0.15) is 5.82 Å². The maximum absolute atomic E-state index is 13.7. The summed E-state index contributed by atoms with van der Waals surface area (Å²) in [6, 6.07) is 20.9. The van der Waals surface area contributed by atoms with E-state index in [2.05, 4.69) is 11.9 Å². The van der Waals surface area contributed by atoms with Crippen LogP contribution in [0, 0.1) is 12.7 Å². The van der Waals surface area contributed by atoms with E-state index in [1.54, 1.807) is 17.0 Å². The molecule has 0 aliphatic rings. The SMILES string of the molecule is C=CCNC(=O)Cc1ccc(N(Cc2ccc(C)cc2)C(=O)c2cccc(F)c2)cc1. The predicted molar refractivity (Wildman–Crippen MR) is 121 cm³/mol. The highest BCUT2D eigenvalue weighted by molar-refractivity contribution is 6.06. The van der Waals surface area contributed by atoms with E-state index >= 15 is 0 Å². The minimum absolute atomic E-state index is 0.0972. The molecule has 2 amide bonds. The van der Waals surface area contributed by atoms with Crippen LogP contribution in [0.25, 0.3) is 0 Å². The molecular weight excluding hydrogens is 391 g/mol. The maximum atomic E-state index is 13.7. The van der Waals surface area contributed by atoms with Crippen LogP contribution in [0.15, 0.2) is 85.5 Å². The van der Waals surface area contributed by atoms with Crippen molar-refractivity contribution < 1.29 is 14.0 Å². The zero-order valence-corrected chi connectivity index (χ0v) is 17.5. The molecule has 0 spiro atoms. The van der Waals surface area contributed by atoms with Gasteiger partial charge in [-0.2, -0.15) is 0 Å². The van der Waals surface area contributed by atoms with Gasteiger partial charge in [-0.1, -0.05) is 54.1 Å². The van der Waals surface area contributed by atoms with E-state index in [1.165, 1.54) is 18.2 Å². The van der Waals surface area contributed by atoms with Crippen LogP contribution in [-0.2, 0) is 17.8 Å². The summed E-state index contributed by atoms with van der Waals surface area (Å²) in [7, 11) is 0. The summed E-state index contributed by atoms with van der Waals surface area (Å²) in [6.07, 6.45) is 1.87. The molecule has 1 N–H and O–H groups in total. The number of nitrogens with one attached hydrogen (secondary N) is 1. The fourth-order valence-electron chi connectivity index (χ4n) is 3.16. The molecule has 31 heavy (non-hydrogen) atoms. The average Bonchev–Trinajstić information content (AvgIpc) is 2.77. The van der Waals surface area contributed by atoms with Crippen molar-refractivity contribution in [3.8, 4) is 0 Å². The van der Waals surface area contributed by atoms with Crippen molar-refractivity contribution in [1.29, 1.82) is 0 Å². The highest BCUT2D eigenvalue weighted by atomic mass is 19.1. The molecule has 0 aliphatic carbocycles. The lowest BCUT2D eigenvalue weighted by Gasteiger charge is -2.24. The number of amides is 2. The van der Waals surface area contributed by atoms with Crippen molar-refractivity contribution in [1.82, 2.24) is 5.32 Å². The number of aryl methyl sites for hydroxylation is 1. The third-order valence-corrected chi connectivity index (χ3v) is 4.83. The minimum Gasteiger partial charge on any atom is -0.352 e. The van der Waals surface area contributed by atoms with Crippen LogP contribution in [-0.4, -0.2) is 18.4 Å². The molecule has 0 aliphatic heterocycles. The molecule has 0 saturated carbocycles. The zero-order valence-electron chi connectivity index (χ0n) is 17.5. The number of anilines is 1. The van der Waals surface area contributed by atoms with E-state index in [4.69, 9.17) is 0 Å². The molecule has 158 valence electrons. The van der Waals surface area contributed by atoms with Gasteiger partial charge in [0.25, 0.3) is 5.91 Å². The Hall–Kier alpha value is -3.73. The Balaban J connectivity index is 1.86. The van der Waals surface area contributed by atoms with Crippen molar-refractivity contribution >= 4 is 17.5 Å². The summed E-state index contributed by atoms with van der Waals surface area (Å²) >= 11 is 0. The number of benzene rings is 3. The molecule has 4 nitrogen and oxygen atoms in total. The van der Waals surface area contributed by atoms with Gasteiger partial charge in [-0.25, -0.2) is 4.39 Å². The highest BCUT2D eigenvalue weighted by Gasteiger charge is 2.19. The third kappa shape index (κ3) is 6.12. The lowest BCUT2D eigenvalue weighted by atomic mass is 10.1. The van der Waals surface area contributed by atoms with Crippen LogP contribution in [0.4, 0.5) is 10.1 Å². The normalized spacial score (nSPS) is 10.4. The Morgan fingerprint density at radius 2 is 1.68 bits per heavy atom. The topological polar surface area (TPSA) is 49.4 Å². The van der Waals surface area contributed by atoms with Crippen LogP contribution in [0.5, 0.6) is 0 Å². The second-order valence-electron chi connectivity index (χ2n) is 7.32. The van der Waals surface area contributed by atoms with Gasteiger partial charge in [-0.05, 0) is 48.4 Å². The van der Waals surface area contributed by atoms with Gasteiger partial charge in [0.15, 0.2) is 0 Å². The smallest absolute Gasteiger partial charge is 0.258 e. The first-order chi connectivity index (χ1) is 15.0. The highest BCUT2D eigenvalue weighted by Crippen LogP contribution is 2.22. The monoisotopic (exact) mass is 416 g/mol. The number of carbonyl (C=O) groups excluding carboxylic acids is 2. The van der Waals surface area contributed by atoms with E-state index in [1.807, 2.05) is 55.5 Å². The zero-order chi connectivity index (χ0) is 22.2. The molecule has 0 atom stereocenters. The number of halogens is 1. The molecule has 3 rings (SSSR count). The lowest BCUT2D eigenvalue weighted by Crippen LogP contribution is -2.30. The lowest BCUT2D eigenvalue weighted by molar-refractivity contribution is -0.120. The van der Waals surface area contributed by atoms with Crippen molar-refractivity contribution in [2.24, 2.45) is 0 Å². The molecular formula is C26H25FN2O2.